The first-order valence-electron chi connectivity index (χ1n) is 9.22. The van der Waals surface area contributed by atoms with Crippen LogP contribution in [0.2, 0.25) is 0 Å². The Morgan fingerprint density at radius 1 is 1.23 bits per heavy atom. The van der Waals surface area contributed by atoms with Crippen LogP contribution in [0.3, 0.4) is 0 Å². The molecule has 6 heteroatoms. The number of rotatable bonds is 6. The molecule has 1 N–H and O–H groups in total. The molecule has 5 nitrogen and oxygen atoms in total. The first-order valence-corrected chi connectivity index (χ1v) is 10.1. The number of nitrogens with zero attached hydrogens (tertiary/aromatic N) is 2. The number of nitrogens with one attached hydrogen (secondary N) is 1. The highest BCUT2D eigenvalue weighted by Gasteiger charge is 2.27. The van der Waals surface area contributed by atoms with Gasteiger partial charge < -0.3 is 10.2 Å². The maximum Gasteiger partial charge on any atom is 0.228 e. The van der Waals surface area contributed by atoms with E-state index in [0.29, 0.717) is 19.5 Å². The van der Waals surface area contributed by atoms with E-state index in [4.69, 9.17) is 0 Å². The molecule has 1 saturated heterocycles. The minimum absolute atomic E-state index is 0.0366. The van der Waals surface area contributed by atoms with E-state index < -0.39 is 0 Å². The highest BCUT2D eigenvalue weighted by molar-refractivity contribution is 7.13. The number of carbonyl (C=O) groups excluding carboxylic acids is 2. The quantitative estimate of drug-likeness (QED) is 0.849. The van der Waals surface area contributed by atoms with Crippen LogP contribution < -0.4 is 5.32 Å². The van der Waals surface area contributed by atoms with Gasteiger partial charge in [-0.1, -0.05) is 37.3 Å². The number of amides is 2. The lowest BCUT2D eigenvalue weighted by Crippen LogP contribution is -2.43. The SMILES string of the molecule is CCCNC(=O)C1CCN(C(=O)Cc2csc(-c3ccccc3)n2)CC1. The molecule has 0 atom stereocenters. The van der Waals surface area contributed by atoms with Gasteiger partial charge in [-0.3, -0.25) is 9.59 Å². The van der Waals surface area contributed by atoms with Crippen molar-refractivity contribution < 1.29 is 9.59 Å². The molecular weight excluding hydrogens is 346 g/mol. The van der Waals surface area contributed by atoms with E-state index in [1.165, 1.54) is 0 Å². The van der Waals surface area contributed by atoms with Crippen LogP contribution in [0, 0.1) is 5.92 Å². The Hall–Kier alpha value is -2.21. The van der Waals surface area contributed by atoms with Crippen LogP contribution in [0.1, 0.15) is 31.9 Å². The van der Waals surface area contributed by atoms with Crippen molar-refractivity contribution in [2.45, 2.75) is 32.6 Å². The molecule has 1 aromatic carbocycles. The van der Waals surface area contributed by atoms with Crippen molar-refractivity contribution in [3.8, 4) is 10.6 Å². The standard InChI is InChI=1S/C20H25N3O2S/c1-2-10-21-19(25)15-8-11-23(12-9-15)18(24)13-17-14-26-20(22-17)16-6-4-3-5-7-16/h3-7,14-15H,2,8-13H2,1H3,(H,21,25). The van der Waals surface area contributed by atoms with Gasteiger partial charge in [0.25, 0.3) is 0 Å². The molecule has 1 aliphatic rings. The Bertz CT molecular complexity index is 737. The van der Waals surface area contributed by atoms with Crippen molar-refractivity contribution in [3.63, 3.8) is 0 Å². The number of piperidine rings is 1. The molecule has 1 fully saturated rings. The van der Waals surface area contributed by atoms with Gasteiger partial charge in [-0.2, -0.15) is 0 Å². The van der Waals surface area contributed by atoms with Crippen LogP contribution >= 0.6 is 11.3 Å². The van der Waals surface area contributed by atoms with Crippen LogP contribution in [-0.2, 0) is 16.0 Å². The second kappa shape index (κ2) is 8.94. The Kier molecular flexibility index (Phi) is 6.39. The fourth-order valence-electron chi connectivity index (χ4n) is 3.15. The maximum atomic E-state index is 12.6. The van der Waals surface area contributed by atoms with Gasteiger partial charge in [0.1, 0.15) is 5.01 Å². The molecule has 2 amide bonds. The molecule has 26 heavy (non-hydrogen) atoms. The van der Waals surface area contributed by atoms with Crippen LogP contribution in [0.25, 0.3) is 10.6 Å². The average Bonchev–Trinajstić information content (AvgIpc) is 3.15. The highest BCUT2D eigenvalue weighted by atomic mass is 32.1. The summed E-state index contributed by atoms with van der Waals surface area (Å²) in [7, 11) is 0. The number of hydrogen-bond acceptors (Lipinski definition) is 4. The summed E-state index contributed by atoms with van der Waals surface area (Å²) in [4.78, 5) is 31.1. The largest absolute Gasteiger partial charge is 0.356 e. The summed E-state index contributed by atoms with van der Waals surface area (Å²) in [5, 5.41) is 5.86. The van der Waals surface area contributed by atoms with Gasteiger partial charge in [0, 0.05) is 36.5 Å². The van der Waals surface area contributed by atoms with Crippen molar-refractivity contribution in [2.24, 2.45) is 5.92 Å². The minimum atomic E-state index is 0.0366. The topological polar surface area (TPSA) is 62.3 Å². The predicted molar refractivity (Wildman–Crippen MR) is 104 cm³/mol. The number of likely N-dealkylation sites (tertiary alicyclic amines) is 1. The molecule has 1 aromatic heterocycles. The van der Waals surface area contributed by atoms with Crippen LogP contribution in [-0.4, -0.2) is 41.3 Å². The molecule has 0 radical (unpaired) electrons. The minimum Gasteiger partial charge on any atom is -0.356 e. The predicted octanol–water partition coefficient (Wildman–Crippen LogP) is 3.12. The highest BCUT2D eigenvalue weighted by Crippen LogP contribution is 2.24. The van der Waals surface area contributed by atoms with Crippen LogP contribution in [0.15, 0.2) is 35.7 Å². The summed E-state index contributed by atoms with van der Waals surface area (Å²) in [6.07, 6.45) is 2.76. The summed E-state index contributed by atoms with van der Waals surface area (Å²) in [5.41, 5.74) is 1.90. The summed E-state index contributed by atoms with van der Waals surface area (Å²) in [5.74, 6) is 0.267. The second-order valence-electron chi connectivity index (χ2n) is 6.63. The normalized spacial score (nSPS) is 15.0. The lowest BCUT2D eigenvalue weighted by Gasteiger charge is -2.31. The summed E-state index contributed by atoms with van der Waals surface area (Å²) in [6, 6.07) is 10.0. The molecule has 2 aromatic rings. The zero-order chi connectivity index (χ0) is 18.4. The number of carbonyl (C=O) groups is 2. The van der Waals surface area contributed by atoms with Gasteiger partial charge in [-0.05, 0) is 19.3 Å². The average molecular weight is 372 g/mol. The van der Waals surface area contributed by atoms with E-state index in [0.717, 1.165) is 42.1 Å². The second-order valence-corrected chi connectivity index (χ2v) is 7.49. The number of hydrogen-bond donors (Lipinski definition) is 1. The van der Waals surface area contributed by atoms with E-state index in [-0.39, 0.29) is 17.7 Å². The van der Waals surface area contributed by atoms with E-state index in [1.54, 1.807) is 11.3 Å². The third-order valence-electron chi connectivity index (χ3n) is 4.67. The van der Waals surface area contributed by atoms with Crippen LogP contribution in [0.5, 0.6) is 0 Å². The molecule has 2 heterocycles. The summed E-state index contributed by atoms with van der Waals surface area (Å²) in [6.45, 7) is 4.08. The maximum absolute atomic E-state index is 12.6. The van der Waals surface area contributed by atoms with Crippen molar-refractivity contribution >= 4 is 23.2 Å². The van der Waals surface area contributed by atoms with Crippen LogP contribution in [0.4, 0.5) is 0 Å². The van der Waals surface area contributed by atoms with E-state index >= 15 is 0 Å². The van der Waals surface area contributed by atoms with Gasteiger partial charge in [0.05, 0.1) is 12.1 Å². The Balaban J connectivity index is 1.50. The molecule has 138 valence electrons. The molecule has 1 aliphatic heterocycles. The molecule has 3 rings (SSSR count). The van der Waals surface area contributed by atoms with E-state index in [9.17, 15) is 9.59 Å². The molecule has 0 aliphatic carbocycles. The zero-order valence-corrected chi connectivity index (χ0v) is 15.9. The van der Waals surface area contributed by atoms with Crippen molar-refractivity contribution in [1.82, 2.24) is 15.2 Å². The monoisotopic (exact) mass is 371 g/mol. The van der Waals surface area contributed by atoms with Crippen molar-refractivity contribution in [1.29, 1.82) is 0 Å². The number of thiazole rings is 1. The van der Waals surface area contributed by atoms with E-state index in [2.05, 4.69) is 10.3 Å². The molecular formula is C20H25N3O2S. The smallest absolute Gasteiger partial charge is 0.228 e. The fraction of sp³-hybridized carbons (Fsp3) is 0.450. The van der Waals surface area contributed by atoms with Gasteiger partial charge >= 0.3 is 0 Å². The molecule has 0 unspecified atom stereocenters. The first kappa shape index (κ1) is 18.6. The Labute approximate surface area is 158 Å². The molecule has 0 spiro atoms. The third-order valence-corrected chi connectivity index (χ3v) is 5.61. The molecule has 0 saturated carbocycles. The lowest BCUT2D eigenvalue weighted by atomic mass is 9.95. The zero-order valence-electron chi connectivity index (χ0n) is 15.1. The number of aromatic nitrogens is 1. The van der Waals surface area contributed by atoms with E-state index in [1.807, 2.05) is 47.5 Å². The van der Waals surface area contributed by atoms with Crippen molar-refractivity contribution in [3.05, 3.63) is 41.4 Å². The Morgan fingerprint density at radius 3 is 2.65 bits per heavy atom. The summed E-state index contributed by atoms with van der Waals surface area (Å²) >= 11 is 1.57. The molecule has 0 bridgehead atoms. The third kappa shape index (κ3) is 4.69. The van der Waals surface area contributed by atoms with Gasteiger partial charge in [0.2, 0.25) is 11.8 Å². The Morgan fingerprint density at radius 2 is 1.96 bits per heavy atom. The summed E-state index contributed by atoms with van der Waals surface area (Å²) < 4.78 is 0. The van der Waals surface area contributed by atoms with Crippen molar-refractivity contribution in [2.75, 3.05) is 19.6 Å². The fourth-order valence-corrected chi connectivity index (χ4v) is 3.98. The van der Waals surface area contributed by atoms with Gasteiger partial charge in [-0.15, -0.1) is 11.3 Å². The van der Waals surface area contributed by atoms with Gasteiger partial charge in [-0.25, -0.2) is 4.98 Å². The van der Waals surface area contributed by atoms with Gasteiger partial charge in [0.15, 0.2) is 0 Å². The lowest BCUT2D eigenvalue weighted by molar-refractivity contribution is -0.135. The first-order chi connectivity index (χ1) is 12.7. The number of benzene rings is 1.